The molecule has 20 heavy (non-hydrogen) atoms. The van der Waals surface area contributed by atoms with Crippen LogP contribution in [-0.4, -0.2) is 34.3 Å². The molecule has 2 aromatic rings. The van der Waals surface area contributed by atoms with E-state index in [1.54, 1.807) is 4.57 Å². The number of primary amides is 1. The summed E-state index contributed by atoms with van der Waals surface area (Å²) < 4.78 is 6.50. The number of aromatic nitrogens is 2. The number of carbonyl (C=O) groups excluding carboxylic acids is 2. The fourth-order valence-corrected chi connectivity index (χ4v) is 2.20. The Bertz CT molecular complexity index is 625. The van der Waals surface area contributed by atoms with E-state index < -0.39 is 18.5 Å². The quantitative estimate of drug-likeness (QED) is 0.661. The molecule has 2 rings (SSSR count). The first-order valence-corrected chi connectivity index (χ1v) is 6.98. The Labute approximate surface area is 119 Å². The number of rotatable bonds is 5. The Hall–Kier alpha value is -2.28. The smallest absolute Gasteiger partial charge is 0.357 e. The van der Waals surface area contributed by atoms with Crippen molar-refractivity contribution < 1.29 is 14.3 Å². The van der Waals surface area contributed by atoms with E-state index in [0.717, 1.165) is 5.69 Å². The molecule has 0 saturated carbocycles. The van der Waals surface area contributed by atoms with Crippen LogP contribution in [0.4, 0.5) is 0 Å². The molecule has 0 aliphatic heterocycles. The molecule has 0 fully saturated rings. The molecule has 0 atom stereocenters. The monoisotopic (exact) mass is 291 g/mol. The van der Waals surface area contributed by atoms with Crippen molar-refractivity contribution in [1.82, 2.24) is 9.55 Å². The van der Waals surface area contributed by atoms with E-state index in [-0.39, 0.29) is 5.69 Å². The minimum Gasteiger partial charge on any atom is -0.451 e. The predicted octanol–water partition coefficient (Wildman–Crippen LogP) is 1.24. The highest BCUT2D eigenvalue weighted by Crippen LogP contribution is 2.21. The molecule has 104 valence electrons. The van der Waals surface area contributed by atoms with Crippen LogP contribution in [0.3, 0.4) is 0 Å². The lowest BCUT2D eigenvalue weighted by molar-refractivity contribution is -0.121. The van der Waals surface area contributed by atoms with Gasteiger partial charge in [0.15, 0.2) is 17.5 Å². The van der Waals surface area contributed by atoms with E-state index in [0.29, 0.717) is 5.16 Å². The highest BCUT2D eigenvalue weighted by molar-refractivity contribution is 7.98. The molecule has 1 amide bonds. The minimum atomic E-state index is -0.700. The van der Waals surface area contributed by atoms with Crippen molar-refractivity contribution in [3.63, 3.8) is 0 Å². The number of para-hydroxylation sites is 1. The summed E-state index contributed by atoms with van der Waals surface area (Å²) in [7, 11) is 0. The van der Waals surface area contributed by atoms with Crippen molar-refractivity contribution in [2.75, 3.05) is 12.9 Å². The fraction of sp³-hybridized carbons (Fsp3) is 0.154. The van der Waals surface area contributed by atoms with Gasteiger partial charge in [0.1, 0.15) is 0 Å². The van der Waals surface area contributed by atoms with Crippen LogP contribution in [0.15, 0.2) is 41.7 Å². The van der Waals surface area contributed by atoms with Gasteiger partial charge in [0.2, 0.25) is 0 Å². The van der Waals surface area contributed by atoms with Crippen LogP contribution >= 0.6 is 11.8 Å². The van der Waals surface area contributed by atoms with Gasteiger partial charge in [0.25, 0.3) is 5.91 Å². The van der Waals surface area contributed by atoms with E-state index in [2.05, 4.69) is 4.98 Å². The summed E-state index contributed by atoms with van der Waals surface area (Å²) >= 11 is 1.41. The highest BCUT2D eigenvalue weighted by Gasteiger charge is 2.19. The molecule has 0 unspecified atom stereocenters. The first-order chi connectivity index (χ1) is 9.63. The van der Waals surface area contributed by atoms with Gasteiger partial charge in [-0.05, 0) is 18.4 Å². The molecular formula is C13H13N3O3S. The molecular weight excluding hydrogens is 278 g/mol. The molecule has 0 aliphatic rings. The average Bonchev–Trinajstić information content (AvgIpc) is 2.89. The molecule has 0 radical (unpaired) electrons. The first kappa shape index (κ1) is 14.1. The van der Waals surface area contributed by atoms with Crippen molar-refractivity contribution >= 4 is 23.6 Å². The molecule has 0 bridgehead atoms. The van der Waals surface area contributed by atoms with Crippen LogP contribution in [0.25, 0.3) is 5.69 Å². The SMILES string of the molecule is CSc1ncc(C(=O)OCC(N)=O)n1-c1ccccc1. The van der Waals surface area contributed by atoms with Crippen LogP contribution in [0, 0.1) is 0 Å². The summed E-state index contributed by atoms with van der Waals surface area (Å²) in [4.78, 5) is 26.8. The summed E-state index contributed by atoms with van der Waals surface area (Å²) in [5, 5.41) is 0.655. The third-order valence-electron chi connectivity index (χ3n) is 2.48. The number of esters is 1. The zero-order chi connectivity index (χ0) is 14.5. The maximum absolute atomic E-state index is 12.0. The number of imidazole rings is 1. The van der Waals surface area contributed by atoms with Gasteiger partial charge < -0.3 is 10.5 Å². The number of nitrogens with two attached hydrogens (primary N) is 1. The zero-order valence-corrected chi connectivity index (χ0v) is 11.6. The average molecular weight is 291 g/mol. The lowest BCUT2D eigenvalue weighted by Crippen LogP contribution is -2.22. The first-order valence-electron chi connectivity index (χ1n) is 5.76. The van der Waals surface area contributed by atoms with Gasteiger partial charge in [0, 0.05) is 5.69 Å². The molecule has 0 aliphatic carbocycles. The summed E-state index contributed by atoms with van der Waals surface area (Å²) in [5.74, 6) is -1.34. The Morgan fingerprint density at radius 1 is 1.35 bits per heavy atom. The Kier molecular flexibility index (Phi) is 4.41. The van der Waals surface area contributed by atoms with Gasteiger partial charge in [-0.1, -0.05) is 30.0 Å². The fourth-order valence-electron chi connectivity index (χ4n) is 1.66. The molecule has 0 saturated heterocycles. The van der Waals surface area contributed by atoms with Crippen molar-refractivity contribution in [3.05, 3.63) is 42.2 Å². The topological polar surface area (TPSA) is 87.2 Å². The Balaban J connectivity index is 2.37. The second-order valence-corrected chi connectivity index (χ2v) is 4.62. The van der Waals surface area contributed by atoms with Crippen LogP contribution in [-0.2, 0) is 9.53 Å². The van der Waals surface area contributed by atoms with Crippen LogP contribution < -0.4 is 5.73 Å². The van der Waals surface area contributed by atoms with Crippen molar-refractivity contribution in [3.8, 4) is 5.69 Å². The van der Waals surface area contributed by atoms with Gasteiger partial charge in [-0.25, -0.2) is 9.78 Å². The van der Waals surface area contributed by atoms with Crippen LogP contribution in [0.1, 0.15) is 10.5 Å². The van der Waals surface area contributed by atoms with Gasteiger partial charge in [-0.3, -0.25) is 9.36 Å². The van der Waals surface area contributed by atoms with Crippen LogP contribution in [0.2, 0.25) is 0 Å². The standard InChI is InChI=1S/C13H13N3O3S/c1-20-13-15-7-10(12(18)19-8-11(14)17)16(13)9-5-3-2-4-6-9/h2-7H,8H2,1H3,(H2,14,17). The van der Waals surface area contributed by atoms with Gasteiger partial charge in [0.05, 0.1) is 6.20 Å². The number of thioether (sulfide) groups is 1. The van der Waals surface area contributed by atoms with Gasteiger partial charge in [-0.2, -0.15) is 0 Å². The van der Waals surface area contributed by atoms with E-state index in [1.807, 2.05) is 36.6 Å². The van der Waals surface area contributed by atoms with Crippen molar-refractivity contribution in [2.24, 2.45) is 5.73 Å². The largest absolute Gasteiger partial charge is 0.451 e. The number of hydrogen-bond acceptors (Lipinski definition) is 5. The predicted molar refractivity (Wildman–Crippen MR) is 74.8 cm³/mol. The summed E-state index contributed by atoms with van der Waals surface area (Å²) in [6, 6.07) is 9.30. The van der Waals surface area contributed by atoms with E-state index in [4.69, 9.17) is 10.5 Å². The maximum Gasteiger partial charge on any atom is 0.357 e. The molecule has 7 heteroatoms. The van der Waals surface area contributed by atoms with Gasteiger partial charge >= 0.3 is 5.97 Å². The molecule has 1 heterocycles. The maximum atomic E-state index is 12.0. The molecule has 1 aromatic carbocycles. The van der Waals surface area contributed by atoms with Gasteiger partial charge in [-0.15, -0.1) is 0 Å². The normalized spacial score (nSPS) is 10.2. The second-order valence-electron chi connectivity index (χ2n) is 3.84. The lowest BCUT2D eigenvalue weighted by atomic mass is 10.3. The van der Waals surface area contributed by atoms with Crippen molar-refractivity contribution in [1.29, 1.82) is 0 Å². The third kappa shape index (κ3) is 3.00. The van der Waals surface area contributed by atoms with E-state index in [9.17, 15) is 9.59 Å². The van der Waals surface area contributed by atoms with E-state index in [1.165, 1.54) is 18.0 Å². The Morgan fingerprint density at radius 2 is 2.05 bits per heavy atom. The number of nitrogens with zero attached hydrogens (tertiary/aromatic N) is 2. The lowest BCUT2D eigenvalue weighted by Gasteiger charge is -2.10. The second kappa shape index (κ2) is 6.25. The molecule has 1 aromatic heterocycles. The zero-order valence-electron chi connectivity index (χ0n) is 10.8. The van der Waals surface area contributed by atoms with Crippen LogP contribution in [0.5, 0.6) is 0 Å². The number of amides is 1. The van der Waals surface area contributed by atoms with Crippen molar-refractivity contribution in [2.45, 2.75) is 5.16 Å². The molecule has 2 N–H and O–H groups in total. The minimum absolute atomic E-state index is 0.252. The van der Waals surface area contributed by atoms with E-state index >= 15 is 0 Å². The Morgan fingerprint density at radius 3 is 2.65 bits per heavy atom. The summed E-state index contributed by atoms with van der Waals surface area (Å²) in [6.07, 6.45) is 3.28. The number of hydrogen-bond donors (Lipinski definition) is 1. The molecule has 6 nitrogen and oxygen atoms in total. The summed E-state index contributed by atoms with van der Waals surface area (Å²) in [5.41, 5.74) is 6.00. The number of ether oxygens (including phenoxy) is 1. The highest BCUT2D eigenvalue weighted by atomic mass is 32.2. The number of benzene rings is 1. The summed E-state index contributed by atoms with van der Waals surface area (Å²) in [6.45, 7) is -0.451. The molecule has 0 spiro atoms. The number of carbonyl (C=O) groups is 2. The third-order valence-corrected chi connectivity index (χ3v) is 3.13.